The van der Waals surface area contributed by atoms with Gasteiger partial charge in [-0.1, -0.05) is 0 Å². The van der Waals surface area contributed by atoms with Crippen LogP contribution in [0.1, 0.15) is 16.5 Å². The van der Waals surface area contributed by atoms with Crippen molar-refractivity contribution in [2.75, 3.05) is 0 Å². The third-order valence-electron chi connectivity index (χ3n) is 1.41. The van der Waals surface area contributed by atoms with E-state index in [4.69, 9.17) is 11.0 Å². The highest BCUT2D eigenvalue weighted by Crippen LogP contribution is 2.33. The zero-order valence-corrected chi connectivity index (χ0v) is 7.12. The van der Waals surface area contributed by atoms with E-state index in [1.807, 2.05) is 0 Å². The quantitative estimate of drug-likeness (QED) is 0.765. The molecular weight excluding hydrogens is 201 g/mol. The first-order valence-corrected chi connectivity index (χ1v) is 4.14. The highest BCUT2D eigenvalue weighted by Gasteiger charge is 2.38. The summed E-state index contributed by atoms with van der Waals surface area (Å²) in [6.07, 6.45) is -4.45. The van der Waals surface area contributed by atoms with Crippen LogP contribution in [0.3, 0.4) is 0 Å². The second-order valence-electron chi connectivity index (χ2n) is 2.37. The molecule has 1 heterocycles. The second-order valence-corrected chi connectivity index (χ2v) is 3.31. The van der Waals surface area contributed by atoms with Crippen LogP contribution in [0.2, 0.25) is 0 Å². The molecule has 1 atom stereocenters. The summed E-state index contributed by atoms with van der Waals surface area (Å²) in [7, 11) is 0. The van der Waals surface area contributed by atoms with Gasteiger partial charge in [0.25, 0.3) is 0 Å². The minimum Gasteiger partial charge on any atom is -0.316 e. The van der Waals surface area contributed by atoms with Crippen LogP contribution in [0.25, 0.3) is 0 Å². The van der Waals surface area contributed by atoms with Crippen LogP contribution >= 0.6 is 11.3 Å². The van der Waals surface area contributed by atoms with Crippen LogP contribution in [0, 0.1) is 11.3 Å². The van der Waals surface area contributed by atoms with Gasteiger partial charge >= 0.3 is 6.18 Å². The number of rotatable bonds is 1. The van der Waals surface area contributed by atoms with Crippen molar-refractivity contribution in [1.29, 1.82) is 5.26 Å². The largest absolute Gasteiger partial charge is 0.408 e. The fourth-order valence-electron chi connectivity index (χ4n) is 0.736. The average Bonchev–Trinajstić information content (AvgIpc) is 2.48. The second kappa shape index (κ2) is 3.36. The monoisotopic (exact) mass is 206 g/mol. The fraction of sp³-hybridized carbons (Fsp3) is 0.286. The Hall–Kier alpha value is -1.06. The summed E-state index contributed by atoms with van der Waals surface area (Å²) in [6.45, 7) is 0. The molecule has 0 unspecified atom stereocenters. The summed E-state index contributed by atoms with van der Waals surface area (Å²) >= 11 is 0.842. The van der Waals surface area contributed by atoms with E-state index >= 15 is 0 Å². The maximum atomic E-state index is 12.0. The molecule has 2 N–H and O–H groups in total. The summed E-state index contributed by atoms with van der Waals surface area (Å²) in [5, 5.41) is 9.72. The fourth-order valence-corrected chi connectivity index (χ4v) is 1.59. The van der Waals surface area contributed by atoms with Crippen LogP contribution in [-0.2, 0) is 0 Å². The van der Waals surface area contributed by atoms with E-state index < -0.39 is 12.2 Å². The predicted octanol–water partition coefficient (Wildman–Crippen LogP) is 2.18. The molecule has 1 aromatic rings. The molecule has 0 aliphatic heterocycles. The van der Waals surface area contributed by atoms with Crippen molar-refractivity contribution < 1.29 is 13.2 Å². The number of thiophene rings is 1. The molecule has 6 heteroatoms. The molecule has 0 fully saturated rings. The molecule has 2 nitrogen and oxygen atoms in total. The van der Waals surface area contributed by atoms with E-state index in [1.165, 1.54) is 5.38 Å². The normalized spacial score (nSPS) is 13.8. The molecule has 0 aromatic carbocycles. The Morgan fingerprint density at radius 3 is 2.54 bits per heavy atom. The molecule has 0 saturated carbocycles. The average molecular weight is 206 g/mol. The van der Waals surface area contributed by atoms with Crippen molar-refractivity contribution in [2.45, 2.75) is 12.2 Å². The van der Waals surface area contributed by atoms with Gasteiger partial charge in [-0.05, 0) is 6.07 Å². The van der Waals surface area contributed by atoms with Crippen molar-refractivity contribution in [3.8, 4) is 6.07 Å². The van der Waals surface area contributed by atoms with E-state index in [0.717, 1.165) is 17.4 Å². The zero-order valence-electron chi connectivity index (χ0n) is 6.30. The van der Waals surface area contributed by atoms with Gasteiger partial charge < -0.3 is 5.73 Å². The lowest BCUT2D eigenvalue weighted by Crippen LogP contribution is -2.27. The topological polar surface area (TPSA) is 49.8 Å². The van der Waals surface area contributed by atoms with Gasteiger partial charge in [0, 0.05) is 10.3 Å². The van der Waals surface area contributed by atoms with Gasteiger partial charge in [0.1, 0.15) is 12.1 Å². The number of hydrogen-bond donors (Lipinski definition) is 1. The van der Waals surface area contributed by atoms with Gasteiger partial charge in [-0.2, -0.15) is 18.4 Å². The smallest absolute Gasteiger partial charge is 0.316 e. The van der Waals surface area contributed by atoms with Gasteiger partial charge in [0.15, 0.2) is 0 Å². The van der Waals surface area contributed by atoms with Gasteiger partial charge in [0.2, 0.25) is 0 Å². The molecule has 1 rings (SSSR count). The standard InChI is InChI=1S/C7H5F3N2S/c8-7(9,10)6(12)5-1-4(2-11)3-13-5/h1,3,6H,12H2/t6-/m1/s1. The maximum absolute atomic E-state index is 12.0. The Morgan fingerprint density at radius 1 is 1.54 bits per heavy atom. The Balaban J connectivity index is 2.91. The Bertz CT molecular complexity index is 336. The first kappa shape index (κ1) is 10.0. The zero-order chi connectivity index (χ0) is 10.1. The third kappa shape index (κ3) is 2.20. The molecule has 1 aromatic heterocycles. The SMILES string of the molecule is N#Cc1csc([C@@H](N)C(F)(F)F)c1. The van der Waals surface area contributed by atoms with E-state index in [-0.39, 0.29) is 10.4 Å². The molecule has 0 aliphatic rings. The minimum absolute atomic E-state index is 0.0379. The lowest BCUT2D eigenvalue weighted by Gasteiger charge is -2.12. The van der Waals surface area contributed by atoms with Crippen molar-refractivity contribution in [2.24, 2.45) is 5.73 Å². The number of nitrogens with zero attached hydrogens (tertiary/aromatic N) is 1. The molecule has 0 aliphatic carbocycles. The lowest BCUT2D eigenvalue weighted by molar-refractivity contribution is -0.148. The van der Waals surface area contributed by atoms with Crippen LogP contribution in [0.4, 0.5) is 13.2 Å². The maximum Gasteiger partial charge on any atom is 0.408 e. The molecular formula is C7H5F3N2S. The van der Waals surface area contributed by atoms with Gasteiger partial charge in [0.05, 0.1) is 5.56 Å². The lowest BCUT2D eigenvalue weighted by atomic mass is 10.2. The summed E-state index contributed by atoms with van der Waals surface area (Å²) in [5.74, 6) is 0. The molecule has 0 bridgehead atoms. The number of nitrogens with two attached hydrogens (primary N) is 1. The van der Waals surface area contributed by atoms with Crippen LogP contribution in [-0.4, -0.2) is 6.18 Å². The van der Waals surface area contributed by atoms with E-state index in [0.29, 0.717) is 0 Å². The molecule has 0 saturated heterocycles. The van der Waals surface area contributed by atoms with Crippen LogP contribution < -0.4 is 5.73 Å². The molecule has 0 amide bonds. The predicted molar refractivity (Wildman–Crippen MR) is 42.0 cm³/mol. The van der Waals surface area contributed by atoms with E-state index in [1.54, 1.807) is 6.07 Å². The Labute approximate surface area is 76.4 Å². The van der Waals surface area contributed by atoms with Crippen molar-refractivity contribution >= 4 is 11.3 Å². The van der Waals surface area contributed by atoms with E-state index in [2.05, 4.69) is 0 Å². The molecule has 0 spiro atoms. The molecule has 70 valence electrons. The number of nitriles is 1. The number of hydrogen-bond acceptors (Lipinski definition) is 3. The van der Waals surface area contributed by atoms with Gasteiger partial charge in [-0.15, -0.1) is 11.3 Å². The highest BCUT2D eigenvalue weighted by atomic mass is 32.1. The van der Waals surface area contributed by atoms with Crippen LogP contribution in [0.5, 0.6) is 0 Å². The summed E-state index contributed by atoms with van der Waals surface area (Å²) < 4.78 is 36.1. The molecule has 13 heavy (non-hydrogen) atoms. The van der Waals surface area contributed by atoms with Gasteiger partial charge in [-0.3, -0.25) is 0 Å². The minimum atomic E-state index is -4.45. The van der Waals surface area contributed by atoms with Crippen molar-refractivity contribution in [3.63, 3.8) is 0 Å². The van der Waals surface area contributed by atoms with Gasteiger partial charge in [-0.25, -0.2) is 0 Å². The Kier molecular flexibility index (Phi) is 2.59. The number of alkyl halides is 3. The summed E-state index contributed by atoms with van der Waals surface area (Å²) in [6, 6.07) is 0.910. The van der Waals surface area contributed by atoms with Crippen molar-refractivity contribution in [3.05, 3.63) is 21.9 Å². The first-order chi connectivity index (χ1) is 5.95. The third-order valence-corrected chi connectivity index (χ3v) is 2.42. The Morgan fingerprint density at radius 2 is 2.15 bits per heavy atom. The van der Waals surface area contributed by atoms with Crippen molar-refractivity contribution in [1.82, 2.24) is 0 Å². The number of halogens is 3. The highest BCUT2D eigenvalue weighted by molar-refractivity contribution is 7.10. The summed E-state index contributed by atoms with van der Waals surface area (Å²) in [4.78, 5) is -0.0379. The first-order valence-electron chi connectivity index (χ1n) is 3.26. The van der Waals surface area contributed by atoms with Crippen LogP contribution in [0.15, 0.2) is 11.4 Å². The van der Waals surface area contributed by atoms with E-state index in [9.17, 15) is 13.2 Å². The molecule has 0 radical (unpaired) electrons. The summed E-state index contributed by atoms with van der Waals surface area (Å²) in [5.41, 5.74) is 5.12.